The average molecular weight is 164 g/mol. The first-order chi connectivity index (χ1) is 5.88. The van der Waals surface area contributed by atoms with Gasteiger partial charge < -0.3 is 13.9 Å². The van der Waals surface area contributed by atoms with Crippen molar-refractivity contribution in [2.45, 2.75) is 6.10 Å². The zero-order chi connectivity index (χ0) is 8.39. The van der Waals surface area contributed by atoms with Gasteiger partial charge >= 0.3 is 0 Å². The van der Waals surface area contributed by atoms with Crippen LogP contribution in [0.15, 0.2) is 45.8 Å². The average Bonchev–Trinajstić information content (AvgIpc) is 2.77. The molecular formula is C9H8O3. The van der Waals surface area contributed by atoms with Gasteiger partial charge in [-0.15, -0.1) is 0 Å². The summed E-state index contributed by atoms with van der Waals surface area (Å²) in [6.07, 6.45) is 3.81. The molecule has 12 heavy (non-hydrogen) atoms. The molecule has 0 amide bonds. The van der Waals surface area contributed by atoms with Crippen molar-refractivity contribution in [2.75, 3.05) is 0 Å². The van der Waals surface area contributed by atoms with E-state index in [0.717, 1.165) is 0 Å². The molecule has 1 atom stereocenters. The molecule has 0 unspecified atom stereocenters. The van der Waals surface area contributed by atoms with Crippen molar-refractivity contribution in [3.63, 3.8) is 0 Å². The molecule has 0 spiro atoms. The molecule has 0 radical (unpaired) electrons. The molecule has 0 aliphatic heterocycles. The summed E-state index contributed by atoms with van der Waals surface area (Å²) >= 11 is 0. The van der Waals surface area contributed by atoms with Gasteiger partial charge in [0.25, 0.3) is 0 Å². The number of aliphatic hydroxyl groups excluding tert-OH is 1. The minimum atomic E-state index is -0.723. The van der Waals surface area contributed by atoms with Gasteiger partial charge in [0.15, 0.2) is 0 Å². The summed E-state index contributed by atoms with van der Waals surface area (Å²) in [5.74, 6) is 0.524. The molecule has 1 N–H and O–H groups in total. The van der Waals surface area contributed by atoms with Crippen LogP contribution in [0.4, 0.5) is 0 Å². The van der Waals surface area contributed by atoms with Crippen LogP contribution in [0.3, 0.4) is 0 Å². The Morgan fingerprint density at radius 3 is 2.75 bits per heavy atom. The van der Waals surface area contributed by atoms with Crippen molar-refractivity contribution in [1.82, 2.24) is 0 Å². The molecule has 3 heteroatoms. The minimum Gasteiger partial charge on any atom is -0.472 e. The van der Waals surface area contributed by atoms with Crippen LogP contribution in [0.25, 0.3) is 0 Å². The summed E-state index contributed by atoms with van der Waals surface area (Å²) in [7, 11) is 0. The lowest BCUT2D eigenvalue weighted by Gasteiger charge is -2.02. The van der Waals surface area contributed by atoms with Crippen LogP contribution < -0.4 is 0 Å². The smallest absolute Gasteiger partial charge is 0.140 e. The van der Waals surface area contributed by atoms with Gasteiger partial charge in [-0.3, -0.25) is 0 Å². The Bertz CT molecular complexity index is 286. The third kappa shape index (κ3) is 1.14. The van der Waals surface area contributed by atoms with Gasteiger partial charge in [0, 0.05) is 5.56 Å². The molecule has 2 heterocycles. The number of hydrogen-bond donors (Lipinski definition) is 1. The maximum atomic E-state index is 9.62. The van der Waals surface area contributed by atoms with Crippen molar-refractivity contribution < 1.29 is 13.9 Å². The van der Waals surface area contributed by atoms with Crippen LogP contribution in [0.2, 0.25) is 0 Å². The van der Waals surface area contributed by atoms with Gasteiger partial charge in [0.2, 0.25) is 0 Å². The van der Waals surface area contributed by atoms with Crippen LogP contribution >= 0.6 is 0 Å². The van der Waals surface area contributed by atoms with E-state index in [1.807, 2.05) is 0 Å². The summed E-state index contributed by atoms with van der Waals surface area (Å²) in [6, 6.07) is 5.16. The normalized spacial score (nSPS) is 13.1. The van der Waals surface area contributed by atoms with Gasteiger partial charge in [-0.1, -0.05) is 0 Å². The van der Waals surface area contributed by atoms with Gasteiger partial charge in [-0.2, -0.15) is 0 Å². The fraction of sp³-hybridized carbons (Fsp3) is 0.111. The molecule has 0 bridgehead atoms. The second kappa shape index (κ2) is 2.87. The summed E-state index contributed by atoms with van der Waals surface area (Å²) in [5.41, 5.74) is 0.699. The van der Waals surface area contributed by atoms with Crippen molar-refractivity contribution in [2.24, 2.45) is 0 Å². The van der Waals surface area contributed by atoms with Crippen molar-refractivity contribution in [1.29, 1.82) is 0 Å². The van der Waals surface area contributed by atoms with E-state index >= 15 is 0 Å². The Morgan fingerprint density at radius 1 is 1.25 bits per heavy atom. The highest BCUT2D eigenvalue weighted by Gasteiger charge is 2.13. The lowest BCUT2D eigenvalue weighted by atomic mass is 10.1. The standard InChI is InChI=1S/C9H8O3/c10-9(7-3-5-11-6-7)8-2-1-4-12-8/h1-6,9-10H/t9-/m1/s1. The fourth-order valence-electron chi connectivity index (χ4n) is 1.04. The maximum absolute atomic E-state index is 9.62. The molecule has 3 nitrogen and oxygen atoms in total. The Labute approximate surface area is 69.2 Å². The number of aliphatic hydroxyl groups is 1. The van der Waals surface area contributed by atoms with Crippen molar-refractivity contribution in [3.05, 3.63) is 48.3 Å². The van der Waals surface area contributed by atoms with Crippen molar-refractivity contribution >= 4 is 0 Å². The topological polar surface area (TPSA) is 46.5 Å². The molecule has 62 valence electrons. The maximum Gasteiger partial charge on any atom is 0.140 e. The summed E-state index contributed by atoms with van der Waals surface area (Å²) in [5, 5.41) is 9.62. The Balaban J connectivity index is 2.27. The molecule has 2 aromatic rings. The summed E-state index contributed by atoms with van der Waals surface area (Å²) < 4.78 is 9.86. The minimum absolute atomic E-state index is 0.524. The number of hydrogen-bond acceptors (Lipinski definition) is 3. The van der Waals surface area contributed by atoms with E-state index < -0.39 is 6.10 Å². The first-order valence-corrected chi connectivity index (χ1v) is 3.61. The van der Waals surface area contributed by atoms with Gasteiger partial charge in [0.1, 0.15) is 11.9 Å². The van der Waals surface area contributed by atoms with Gasteiger partial charge in [0.05, 0.1) is 18.8 Å². The third-order valence-corrected chi connectivity index (χ3v) is 1.67. The molecule has 0 saturated heterocycles. The Hall–Kier alpha value is -1.48. The van der Waals surface area contributed by atoms with E-state index in [0.29, 0.717) is 11.3 Å². The van der Waals surface area contributed by atoms with Crippen LogP contribution in [0, 0.1) is 0 Å². The molecular weight excluding hydrogens is 156 g/mol. The van der Waals surface area contributed by atoms with E-state index in [1.54, 1.807) is 18.2 Å². The van der Waals surface area contributed by atoms with E-state index in [2.05, 4.69) is 0 Å². The van der Waals surface area contributed by atoms with E-state index in [4.69, 9.17) is 8.83 Å². The van der Waals surface area contributed by atoms with Crippen LogP contribution in [0.1, 0.15) is 17.4 Å². The molecule has 2 rings (SSSR count). The monoisotopic (exact) mass is 164 g/mol. The van der Waals surface area contributed by atoms with E-state index in [-0.39, 0.29) is 0 Å². The molecule has 0 saturated carbocycles. The van der Waals surface area contributed by atoms with Crippen LogP contribution in [-0.2, 0) is 0 Å². The predicted octanol–water partition coefficient (Wildman–Crippen LogP) is 1.95. The number of furan rings is 2. The molecule has 0 aromatic carbocycles. The van der Waals surface area contributed by atoms with Gasteiger partial charge in [-0.05, 0) is 18.2 Å². The zero-order valence-corrected chi connectivity index (χ0v) is 6.31. The first-order valence-electron chi connectivity index (χ1n) is 3.61. The molecule has 0 fully saturated rings. The molecule has 0 aliphatic carbocycles. The Kier molecular flexibility index (Phi) is 1.72. The van der Waals surface area contributed by atoms with Crippen LogP contribution in [-0.4, -0.2) is 5.11 Å². The lowest BCUT2D eigenvalue weighted by molar-refractivity contribution is 0.188. The molecule has 2 aromatic heterocycles. The largest absolute Gasteiger partial charge is 0.472 e. The van der Waals surface area contributed by atoms with Gasteiger partial charge in [-0.25, -0.2) is 0 Å². The fourth-order valence-corrected chi connectivity index (χ4v) is 1.04. The highest BCUT2D eigenvalue weighted by Crippen LogP contribution is 2.21. The highest BCUT2D eigenvalue weighted by molar-refractivity contribution is 5.19. The highest BCUT2D eigenvalue weighted by atomic mass is 16.4. The second-order valence-corrected chi connectivity index (χ2v) is 2.47. The third-order valence-electron chi connectivity index (χ3n) is 1.67. The Morgan fingerprint density at radius 2 is 2.17 bits per heavy atom. The first kappa shape index (κ1) is 7.18. The van der Waals surface area contributed by atoms with Crippen molar-refractivity contribution in [3.8, 4) is 0 Å². The van der Waals surface area contributed by atoms with E-state index in [9.17, 15) is 5.11 Å². The summed E-state index contributed by atoms with van der Waals surface area (Å²) in [4.78, 5) is 0. The SMILES string of the molecule is O[C@H](c1ccoc1)c1ccco1. The second-order valence-electron chi connectivity index (χ2n) is 2.47. The number of rotatable bonds is 2. The van der Waals surface area contributed by atoms with E-state index in [1.165, 1.54) is 18.8 Å². The molecule has 0 aliphatic rings. The summed E-state index contributed by atoms with van der Waals surface area (Å²) in [6.45, 7) is 0. The lowest BCUT2D eigenvalue weighted by Crippen LogP contribution is -1.94. The quantitative estimate of drug-likeness (QED) is 0.737. The zero-order valence-electron chi connectivity index (χ0n) is 6.31. The predicted molar refractivity (Wildman–Crippen MR) is 41.5 cm³/mol. The van der Waals surface area contributed by atoms with Crippen LogP contribution in [0.5, 0.6) is 0 Å².